The monoisotopic (exact) mass is 437 g/mol. The van der Waals surface area contributed by atoms with Crippen molar-refractivity contribution in [1.82, 2.24) is 9.80 Å². The standard InChI is InChI=1S/C19H27ClF3N3O3/c1-28-17-4-3-15(20)13-16(17)24-6-5-18(27)26-10-8-25(9-11-26)7-2-12-29-14-19(21,22)23/h3-4,13,24H,2,5-12,14H2,1H3. The normalized spacial score (nSPS) is 15.4. The van der Waals surface area contributed by atoms with Crippen molar-refractivity contribution < 1.29 is 27.4 Å². The Kier molecular flexibility index (Phi) is 9.32. The molecule has 10 heteroatoms. The van der Waals surface area contributed by atoms with E-state index < -0.39 is 12.8 Å². The number of piperazine rings is 1. The predicted octanol–water partition coefficient (Wildman–Crippen LogP) is 3.26. The zero-order valence-corrected chi connectivity index (χ0v) is 17.2. The fraction of sp³-hybridized carbons (Fsp3) is 0.632. The van der Waals surface area contributed by atoms with Crippen molar-refractivity contribution in [3.05, 3.63) is 23.2 Å². The van der Waals surface area contributed by atoms with Crippen LogP contribution in [0.25, 0.3) is 0 Å². The molecule has 0 radical (unpaired) electrons. The molecule has 0 aliphatic carbocycles. The molecule has 0 saturated carbocycles. The highest BCUT2D eigenvalue weighted by Crippen LogP contribution is 2.27. The lowest BCUT2D eigenvalue weighted by Crippen LogP contribution is -2.49. The number of anilines is 1. The van der Waals surface area contributed by atoms with Crippen LogP contribution in [0, 0.1) is 0 Å². The molecule has 164 valence electrons. The first-order valence-electron chi connectivity index (χ1n) is 9.50. The highest BCUT2D eigenvalue weighted by molar-refractivity contribution is 6.30. The van der Waals surface area contributed by atoms with E-state index in [2.05, 4.69) is 15.0 Å². The third kappa shape index (κ3) is 8.67. The van der Waals surface area contributed by atoms with Gasteiger partial charge in [0.2, 0.25) is 5.91 Å². The molecular formula is C19H27ClF3N3O3. The van der Waals surface area contributed by atoms with Crippen LogP contribution in [0.15, 0.2) is 18.2 Å². The second-order valence-electron chi connectivity index (χ2n) is 6.77. The van der Waals surface area contributed by atoms with Crippen molar-refractivity contribution in [2.45, 2.75) is 19.0 Å². The van der Waals surface area contributed by atoms with Crippen LogP contribution in [0.1, 0.15) is 12.8 Å². The minimum atomic E-state index is -4.28. The highest BCUT2D eigenvalue weighted by atomic mass is 35.5. The number of rotatable bonds is 10. The summed E-state index contributed by atoms with van der Waals surface area (Å²) >= 11 is 5.99. The van der Waals surface area contributed by atoms with Crippen LogP contribution in [0.5, 0.6) is 5.75 Å². The maximum atomic E-state index is 12.4. The number of ether oxygens (including phenoxy) is 2. The van der Waals surface area contributed by atoms with Crippen LogP contribution in [0.2, 0.25) is 5.02 Å². The highest BCUT2D eigenvalue weighted by Gasteiger charge is 2.27. The molecule has 0 unspecified atom stereocenters. The van der Waals surface area contributed by atoms with Crippen LogP contribution < -0.4 is 10.1 Å². The lowest BCUT2D eigenvalue weighted by Gasteiger charge is -2.34. The first-order chi connectivity index (χ1) is 13.8. The van der Waals surface area contributed by atoms with Crippen LogP contribution in [0.4, 0.5) is 18.9 Å². The van der Waals surface area contributed by atoms with Gasteiger partial charge < -0.3 is 19.7 Å². The van der Waals surface area contributed by atoms with Gasteiger partial charge >= 0.3 is 6.18 Å². The summed E-state index contributed by atoms with van der Waals surface area (Å²) in [5.41, 5.74) is 0.741. The Morgan fingerprint density at radius 2 is 1.97 bits per heavy atom. The van der Waals surface area contributed by atoms with Gasteiger partial charge in [0.25, 0.3) is 0 Å². The summed E-state index contributed by atoms with van der Waals surface area (Å²) in [4.78, 5) is 16.3. The van der Waals surface area contributed by atoms with E-state index in [0.29, 0.717) is 62.9 Å². The van der Waals surface area contributed by atoms with Gasteiger partial charge in [0.05, 0.1) is 12.8 Å². The number of carbonyl (C=O) groups is 1. The zero-order valence-electron chi connectivity index (χ0n) is 16.4. The lowest BCUT2D eigenvalue weighted by atomic mass is 10.2. The average Bonchev–Trinajstić information content (AvgIpc) is 2.67. The smallest absolute Gasteiger partial charge is 0.411 e. The summed E-state index contributed by atoms with van der Waals surface area (Å²) in [6, 6.07) is 5.25. The zero-order chi connectivity index (χ0) is 21.3. The van der Waals surface area contributed by atoms with Crippen molar-refractivity contribution in [3.8, 4) is 5.75 Å². The predicted molar refractivity (Wildman–Crippen MR) is 106 cm³/mol. The number of methoxy groups -OCH3 is 1. The largest absolute Gasteiger partial charge is 0.495 e. The maximum Gasteiger partial charge on any atom is 0.411 e. The molecule has 0 spiro atoms. The fourth-order valence-corrected chi connectivity index (χ4v) is 3.25. The SMILES string of the molecule is COc1ccc(Cl)cc1NCCC(=O)N1CCN(CCCOCC(F)(F)F)CC1. The van der Waals surface area contributed by atoms with Crippen molar-refractivity contribution in [1.29, 1.82) is 0 Å². The Morgan fingerprint density at radius 3 is 2.62 bits per heavy atom. The van der Waals surface area contributed by atoms with E-state index in [0.717, 1.165) is 5.69 Å². The number of carbonyl (C=O) groups excluding carboxylic acids is 1. The van der Waals surface area contributed by atoms with Crippen molar-refractivity contribution in [2.24, 2.45) is 0 Å². The summed E-state index contributed by atoms with van der Waals surface area (Å²) in [5, 5.41) is 3.76. The number of nitrogens with one attached hydrogen (secondary N) is 1. The topological polar surface area (TPSA) is 54.0 Å². The van der Waals surface area contributed by atoms with Gasteiger partial charge in [-0.05, 0) is 24.6 Å². The quantitative estimate of drug-likeness (QED) is 0.569. The minimum absolute atomic E-state index is 0.0617. The van der Waals surface area contributed by atoms with Crippen molar-refractivity contribution in [2.75, 3.05) is 64.9 Å². The molecule has 1 aliphatic rings. The molecule has 1 amide bonds. The van der Waals surface area contributed by atoms with Gasteiger partial charge in [-0.25, -0.2) is 0 Å². The summed E-state index contributed by atoms with van der Waals surface area (Å²) in [6.45, 7) is 2.65. The second kappa shape index (κ2) is 11.5. The van der Waals surface area contributed by atoms with E-state index in [-0.39, 0.29) is 12.5 Å². The molecule has 0 aromatic heterocycles. The Bertz CT molecular complexity index is 653. The number of hydrogen-bond donors (Lipinski definition) is 1. The number of nitrogens with zero attached hydrogens (tertiary/aromatic N) is 2. The molecule has 1 saturated heterocycles. The molecule has 1 aromatic rings. The Morgan fingerprint density at radius 1 is 1.24 bits per heavy atom. The molecule has 1 N–H and O–H groups in total. The lowest BCUT2D eigenvalue weighted by molar-refractivity contribution is -0.174. The molecule has 1 aliphatic heterocycles. The van der Waals surface area contributed by atoms with Crippen LogP contribution in [0.3, 0.4) is 0 Å². The Labute approximate surface area is 173 Å². The van der Waals surface area contributed by atoms with Gasteiger partial charge in [0.15, 0.2) is 0 Å². The molecule has 1 aromatic carbocycles. The first-order valence-corrected chi connectivity index (χ1v) is 9.88. The minimum Gasteiger partial charge on any atom is -0.495 e. The molecule has 29 heavy (non-hydrogen) atoms. The van der Waals surface area contributed by atoms with E-state index in [1.807, 2.05) is 4.90 Å². The molecule has 0 bridgehead atoms. The number of halogens is 4. The van der Waals surface area contributed by atoms with Crippen LogP contribution in [-0.2, 0) is 9.53 Å². The third-order valence-corrected chi connectivity index (χ3v) is 4.80. The molecule has 1 heterocycles. The summed E-state index contributed by atoms with van der Waals surface area (Å²) < 4.78 is 45.9. The maximum absolute atomic E-state index is 12.4. The molecular weight excluding hydrogens is 411 g/mol. The van der Waals surface area contributed by atoms with Gasteiger partial charge in [-0.3, -0.25) is 9.69 Å². The van der Waals surface area contributed by atoms with Gasteiger partial charge in [0, 0.05) is 57.3 Å². The van der Waals surface area contributed by atoms with Gasteiger partial charge in [-0.15, -0.1) is 0 Å². The number of hydrogen-bond acceptors (Lipinski definition) is 5. The van der Waals surface area contributed by atoms with E-state index >= 15 is 0 Å². The van der Waals surface area contributed by atoms with E-state index in [1.165, 1.54) is 0 Å². The van der Waals surface area contributed by atoms with Crippen molar-refractivity contribution in [3.63, 3.8) is 0 Å². The summed E-state index contributed by atoms with van der Waals surface area (Å²) in [6.07, 6.45) is -3.39. The molecule has 1 fully saturated rings. The third-order valence-electron chi connectivity index (χ3n) is 4.57. The van der Waals surface area contributed by atoms with Crippen LogP contribution in [-0.4, -0.2) is 81.5 Å². The second-order valence-corrected chi connectivity index (χ2v) is 7.20. The van der Waals surface area contributed by atoms with E-state index in [9.17, 15) is 18.0 Å². The Balaban J connectivity index is 1.62. The molecule has 6 nitrogen and oxygen atoms in total. The number of amides is 1. The van der Waals surface area contributed by atoms with Gasteiger partial charge in [-0.1, -0.05) is 11.6 Å². The molecule has 0 atom stereocenters. The fourth-order valence-electron chi connectivity index (χ4n) is 3.08. The summed E-state index contributed by atoms with van der Waals surface area (Å²) in [5.74, 6) is 0.723. The van der Waals surface area contributed by atoms with E-state index in [4.69, 9.17) is 16.3 Å². The first kappa shape index (κ1) is 23.6. The van der Waals surface area contributed by atoms with Crippen LogP contribution >= 0.6 is 11.6 Å². The van der Waals surface area contributed by atoms with Gasteiger partial charge in [-0.2, -0.15) is 13.2 Å². The van der Waals surface area contributed by atoms with Crippen molar-refractivity contribution >= 4 is 23.2 Å². The summed E-state index contributed by atoms with van der Waals surface area (Å²) in [7, 11) is 1.57. The van der Waals surface area contributed by atoms with Gasteiger partial charge in [0.1, 0.15) is 12.4 Å². The Hall–Kier alpha value is -1.71. The van der Waals surface area contributed by atoms with E-state index in [1.54, 1.807) is 25.3 Å². The number of alkyl halides is 3. The molecule has 2 rings (SSSR count). The number of benzene rings is 1. The average molecular weight is 438 g/mol.